The lowest BCUT2D eigenvalue weighted by molar-refractivity contribution is -0.151. The zero-order valence-corrected chi connectivity index (χ0v) is 8.77. The van der Waals surface area contributed by atoms with Gasteiger partial charge in [-0.05, 0) is 12.1 Å². The van der Waals surface area contributed by atoms with Crippen LogP contribution in [-0.4, -0.2) is 21.6 Å². The van der Waals surface area contributed by atoms with E-state index in [2.05, 4.69) is 17.2 Å². The minimum absolute atomic E-state index is 0.316. The van der Waals surface area contributed by atoms with E-state index in [1.54, 1.807) is 0 Å². The Morgan fingerprint density at radius 1 is 1.06 bits per heavy atom. The number of hydrogen-bond acceptors (Lipinski definition) is 1. The molecule has 17 heavy (non-hydrogen) atoms. The summed E-state index contributed by atoms with van der Waals surface area (Å²) in [4.78, 5) is 2.06. The second-order valence-electron chi connectivity index (χ2n) is 2.66. The van der Waals surface area contributed by atoms with Gasteiger partial charge in [-0.3, -0.25) is 0 Å². The van der Waals surface area contributed by atoms with Crippen LogP contribution in [0.2, 0.25) is 0 Å². The molecule has 9 heteroatoms. The maximum atomic E-state index is 13.1. The fourth-order valence-corrected chi connectivity index (χ4v) is 1.17. The first-order chi connectivity index (χ1) is 7.93. The van der Waals surface area contributed by atoms with E-state index in [-0.39, 0.29) is 5.56 Å². The summed E-state index contributed by atoms with van der Waals surface area (Å²) in [6.45, 7) is 0. The van der Waals surface area contributed by atoms with Crippen LogP contribution in [0, 0.1) is 5.82 Å². The third-order valence-corrected chi connectivity index (χ3v) is 1.92. The lowest BCUT2D eigenvalue weighted by atomic mass is 10.2. The van der Waals surface area contributed by atoms with E-state index >= 15 is 0 Å². The summed E-state index contributed by atoms with van der Waals surface area (Å²) >= 11 is 4.48. The molecule has 0 radical (unpaired) electrons. The van der Waals surface area contributed by atoms with Crippen molar-refractivity contribution < 1.29 is 22.3 Å². The molecule has 0 aliphatic rings. The fraction of sp³-hybridized carbons (Fsp3) is 0. The Labute approximate surface area is 97.5 Å². The second kappa shape index (κ2) is 5.53. The summed E-state index contributed by atoms with van der Waals surface area (Å²) < 4.78 is 61.0. The van der Waals surface area contributed by atoms with Gasteiger partial charge in [0.25, 0.3) is 0 Å². The van der Waals surface area contributed by atoms with E-state index in [0.29, 0.717) is 0 Å². The van der Waals surface area contributed by atoms with E-state index in [0.717, 1.165) is 12.1 Å². The Morgan fingerprint density at radius 2 is 1.59 bits per heavy atom. The van der Waals surface area contributed by atoms with Crippen molar-refractivity contribution in [3.8, 4) is 0 Å². The van der Waals surface area contributed by atoms with Gasteiger partial charge in [0.2, 0.25) is 0 Å². The van der Waals surface area contributed by atoms with E-state index in [1.807, 2.05) is 0 Å². The Kier molecular flexibility index (Phi) is 4.32. The van der Waals surface area contributed by atoms with Gasteiger partial charge in [0.15, 0.2) is 0 Å². The summed E-state index contributed by atoms with van der Waals surface area (Å²) in [7, 11) is 0. The summed E-state index contributed by atoms with van der Waals surface area (Å²) in [5.41, 5.74) is -0.316. The SMILES string of the molecule is Fc1ccccc1C(=S)N=C(N(F)F)N(F)F. The van der Waals surface area contributed by atoms with Crippen molar-refractivity contribution in [2.75, 3.05) is 0 Å². The van der Waals surface area contributed by atoms with Gasteiger partial charge in [0.1, 0.15) is 10.8 Å². The number of rotatable bonds is 1. The highest BCUT2D eigenvalue weighted by Gasteiger charge is 2.21. The maximum Gasteiger partial charge on any atom is 0.327 e. The van der Waals surface area contributed by atoms with Gasteiger partial charge in [0, 0.05) is 16.3 Å². The van der Waals surface area contributed by atoms with Gasteiger partial charge in [-0.15, -0.1) is 0 Å². The van der Waals surface area contributed by atoms with Crippen LogP contribution in [-0.2, 0) is 0 Å². The monoisotopic (exact) mass is 269 g/mol. The van der Waals surface area contributed by atoms with Crippen molar-refractivity contribution in [2.24, 2.45) is 4.99 Å². The molecule has 0 saturated carbocycles. The summed E-state index contributed by atoms with van der Waals surface area (Å²) in [5.74, 6) is -2.83. The molecular formula is C8H4F5N3S. The van der Waals surface area contributed by atoms with E-state index < -0.39 is 27.5 Å². The number of hydrogen-bond donors (Lipinski definition) is 0. The molecule has 92 valence electrons. The van der Waals surface area contributed by atoms with E-state index in [9.17, 15) is 22.3 Å². The van der Waals surface area contributed by atoms with Crippen molar-refractivity contribution in [3.05, 3.63) is 35.6 Å². The highest BCUT2D eigenvalue weighted by atomic mass is 32.1. The average Bonchev–Trinajstić information content (AvgIpc) is 2.25. The predicted molar refractivity (Wildman–Crippen MR) is 53.6 cm³/mol. The van der Waals surface area contributed by atoms with Crippen LogP contribution < -0.4 is 0 Å². The van der Waals surface area contributed by atoms with Crippen molar-refractivity contribution >= 4 is 23.2 Å². The highest BCUT2D eigenvalue weighted by Crippen LogP contribution is 2.11. The minimum Gasteiger partial charge on any atom is -0.206 e. The number of thiocarbonyl (C=S) groups is 1. The van der Waals surface area contributed by atoms with Crippen LogP contribution in [0.25, 0.3) is 0 Å². The van der Waals surface area contributed by atoms with Gasteiger partial charge in [-0.25, -0.2) is 4.39 Å². The number of aliphatic imine (C=N–C) groups is 1. The number of halogens is 5. The zero-order valence-electron chi connectivity index (χ0n) is 7.95. The van der Waals surface area contributed by atoms with Crippen LogP contribution in [0.3, 0.4) is 0 Å². The second-order valence-corrected chi connectivity index (χ2v) is 3.05. The molecule has 1 aromatic carbocycles. The standard InChI is InChI=1S/C8H4F5N3S/c9-6-4-2-1-3-5(6)7(17)14-8(15(10)11)16(12)13/h1-4H. The number of nitrogens with zero attached hydrogens (tertiary/aromatic N) is 3. The molecule has 0 spiro atoms. The number of guanidine groups is 1. The average molecular weight is 269 g/mol. The molecule has 0 heterocycles. The zero-order chi connectivity index (χ0) is 13.0. The van der Waals surface area contributed by atoms with Gasteiger partial charge in [-0.2, -0.15) is 4.99 Å². The molecule has 0 aliphatic heterocycles. The van der Waals surface area contributed by atoms with Gasteiger partial charge in [-0.1, -0.05) is 42.3 Å². The van der Waals surface area contributed by atoms with Gasteiger partial charge >= 0.3 is 5.96 Å². The first kappa shape index (κ1) is 13.3. The molecule has 3 nitrogen and oxygen atoms in total. The first-order valence-electron chi connectivity index (χ1n) is 4.04. The first-order valence-corrected chi connectivity index (χ1v) is 4.45. The van der Waals surface area contributed by atoms with Crippen molar-refractivity contribution in [1.82, 2.24) is 10.7 Å². The molecule has 0 unspecified atom stereocenters. The molecular weight excluding hydrogens is 265 g/mol. The molecule has 0 bridgehead atoms. The Morgan fingerprint density at radius 3 is 2.06 bits per heavy atom. The Hall–Kier alpha value is -1.77. The Balaban J connectivity index is 3.06. The third-order valence-electron chi connectivity index (χ3n) is 1.61. The third kappa shape index (κ3) is 3.34. The van der Waals surface area contributed by atoms with Crippen LogP contribution in [0.15, 0.2) is 29.3 Å². The normalized spacial score (nSPS) is 9.71. The van der Waals surface area contributed by atoms with Crippen molar-refractivity contribution in [1.29, 1.82) is 0 Å². The van der Waals surface area contributed by atoms with Gasteiger partial charge < -0.3 is 0 Å². The smallest absolute Gasteiger partial charge is 0.206 e. The van der Waals surface area contributed by atoms with Crippen molar-refractivity contribution in [2.45, 2.75) is 0 Å². The molecule has 0 N–H and O–H groups in total. The van der Waals surface area contributed by atoms with Crippen LogP contribution in [0.5, 0.6) is 0 Å². The predicted octanol–water partition coefficient (Wildman–Crippen LogP) is 3.00. The van der Waals surface area contributed by atoms with Crippen LogP contribution >= 0.6 is 12.2 Å². The van der Waals surface area contributed by atoms with Crippen molar-refractivity contribution in [3.63, 3.8) is 0 Å². The summed E-state index contributed by atoms with van der Waals surface area (Å²) in [6, 6.07) is 4.84. The highest BCUT2D eigenvalue weighted by molar-refractivity contribution is 7.80. The van der Waals surface area contributed by atoms with Crippen LogP contribution in [0.4, 0.5) is 22.3 Å². The molecule has 1 rings (SSSR count). The summed E-state index contributed by atoms with van der Waals surface area (Å²) in [5, 5.41) is -3.85. The molecule has 1 aromatic rings. The summed E-state index contributed by atoms with van der Waals surface area (Å²) in [6.07, 6.45) is 0. The largest absolute Gasteiger partial charge is 0.327 e. The molecule has 0 fully saturated rings. The van der Waals surface area contributed by atoms with Crippen LogP contribution in [0.1, 0.15) is 5.56 Å². The fourth-order valence-electron chi connectivity index (χ4n) is 0.918. The molecule has 0 amide bonds. The minimum atomic E-state index is -1.99. The van der Waals surface area contributed by atoms with E-state index in [4.69, 9.17) is 0 Å². The quantitative estimate of drug-likeness (QED) is 0.257. The van der Waals surface area contributed by atoms with Gasteiger partial charge in [0.05, 0.1) is 0 Å². The Bertz CT molecular complexity index is 439. The lowest BCUT2D eigenvalue weighted by Crippen LogP contribution is -2.26. The molecule has 0 atom stereocenters. The molecule has 0 aliphatic carbocycles. The maximum absolute atomic E-state index is 13.1. The molecule has 0 saturated heterocycles. The molecule has 0 aromatic heterocycles. The van der Waals surface area contributed by atoms with E-state index in [1.165, 1.54) is 12.1 Å². The lowest BCUT2D eigenvalue weighted by Gasteiger charge is -2.07. The number of benzene rings is 1. The topological polar surface area (TPSA) is 18.8 Å².